The Morgan fingerprint density at radius 1 is 1.19 bits per heavy atom. The summed E-state index contributed by atoms with van der Waals surface area (Å²) in [5.74, 6) is -0.524. The molecular weight excluding hydrogens is 285 g/mol. The molecule has 4 nitrogen and oxygen atoms in total. The number of anilines is 2. The third-order valence-electron chi connectivity index (χ3n) is 2.62. The van der Waals surface area contributed by atoms with E-state index in [1.807, 2.05) is 0 Å². The number of aromatic nitrogens is 1. The summed E-state index contributed by atoms with van der Waals surface area (Å²) in [5, 5.41) is 2.79. The Hall–Kier alpha value is -2.57. The van der Waals surface area contributed by atoms with Crippen molar-refractivity contribution in [2.45, 2.75) is 6.18 Å². The van der Waals surface area contributed by atoms with Gasteiger partial charge in [0.05, 0.1) is 12.7 Å². The molecule has 0 atom stereocenters. The summed E-state index contributed by atoms with van der Waals surface area (Å²) < 4.78 is 42.3. The highest BCUT2D eigenvalue weighted by Gasteiger charge is 2.32. The van der Waals surface area contributed by atoms with Crippen LogP contribution in [0.25, 0.3) is 0 Å². The van der Waals surface area contributed by atoms with Gasteiger partial charge in [-0.2, -0.15) is 13.2 Å². The van der Waals surface area contributed by atoms with Crippen molar-refractivity contribution in [3.8, 4) is 0 Å². The van der Waals surface area contributed by atoms with Crippen molar-refractivity contribution < 1.29 is 22.7 Å². The summed E-state index contributed by atoms with van der Waals surface area (Å²) in [5.41, 5.74) is 0.000730. The van der Waals surface area contributed by atoms with E-state index in [0.29, 0.717) is 11.3 Å². The van der Waals surface area contributed by atoms with E-state index in [-0.39, 0.29) is 5.69 Å². The number of pyridine rings is 1. The van der Waals surface area contributed by atoms with Crippen molar-refractivity contribution in [3.63, 3.8) is 0 Å². The maximum absolute atomic E-state index is 12.6. The van der Waals surface area contributed by atoms with Crippen LogP contribution in [0.2, 0.25) is 0 Å². The number of halogens is 3. The zero-order chi connectivity index (χ0) is 15.5. The van der Waals surface area contributed by atoms with Crippen molar-refractivity contribution in [2.75, 3.05) is 12.4 Å². The fourth-order valence-electron chi connectivity index (χ4n) is 1.67. The number of nitrogens with zero attached hydrogens (tertiary/aromatic N) is 1. The monoisotopic (exact) mass is 296 g/mol. The number of methoxy groups -OCH3 is 1. The van der Waals surface area contributed by atoms with Gasteiger partial charge in [-0.3, -0.25) is 4.98 Å². The van der Waals surface area contributed by atoms with Gasteiger partial charge in [-0.1, -0.05) is 6.07 Å². The topological polar surface area (TPSA) is 51.2 Å². The second-order valence-corrected chi connectivity index (χ2v) is 4.12. The summed E-state index contributed by atoms with van der Waals surface area (Å²) in [7, 11) is 1.25. The molecule has 110 valence electrons. The molecule has 0 bridgehead atoms. The first-order valence-electron chi connectivity index (χ1n) is 5.89. The van der Waals surface area contributed by atoms with E-state index >= 15 is 0 Å². The molecule has 21 heavy (non-hydrogen) atoms. The molecule has 1 heterocycles. The van der Waals surface area contributed by atoms with Crippen LogP contribution >= 0.6 is 0 Å². The normalized spacial score (nSPS) is 11.0. The Morgan fingerprint density at radius 2 is 1.90 bits per heavy atom. The van der Waals surface area contributed by atoms with Gasteiger partial charge in [0.15, 0.2) is 0 Å². The Morgan fingerprint density at radius 3 is 2.57 bits per heavy atom. The molecule has 0 radical (unpaired) electrons. The summed E-state index contributed by atoms with van der Waals surface area (Å²) in [6.45, 7) is 0. The molecule has 0 aliphatic rings. The number of carbonyl (C=O) groups is 1. The van der Waals surface area contributed by atoms with Crippen LogP contribution in [0.4, 0.5) is 24.5 Å². The van der Waals surface area contributed by atoms with Gasteiger partial charge in [0.25, 0.3) is 0 Å². The minimum absolute atomic E-state index is 0.222. The van der Waals surface area contributed by atoms with Gasteiger partial charge in [0.1, 0.15) is 5.69 Å². The van der Waals surface area contributed by atoms with E-state index in [4.69, 9.17) is 0 Å². The lowest BCUT2D eigenvalue weighted by molar-refractivity contribution is -0.141. The lowest BCUT2D eigenvalue weighted by atomic mass is 10.2. The van der Waals surface area contributed by atoms with Gasteiger partial charge >= 0.3 is 12.1 Å². The van der Waals surface area contributed by atoms with Crippen molar-refractivity contribution >= 4 is 17.3 Å². The van der Waals surface area contributed by atoms with Gasteiger partial charge < -0.3 is 10.1 Å². The first-order valence-corrected chi connectivity index (χ1v) is 5.89. The lowest BCUT2D eigenvalue weighted by Crippen LogP contribution is -2.08. The average Bonchev–Trinajstić information content (AvgIpc) is 2.46. The van der Waals surface area contributed by atoms with Gasteiger partial charge in [0.2, 0.25) is 0 Å². The van der Waals surface area contributed by atoms with Crippen molar-refractivity contribution in [2.24, 2.45) is 0 Å². The molecular formula is C14H11F3N2O2. The minimum Gasteiger partial charge on any atom is -0.465 e. The largest absolute Gasteiger partial charge is 0.465 e. The van der Waals surface area contributed by atoms with Crippen molar-refractivity contribution in [3.05, 3.63) is 53.9 Å². The van der Waals surface area contributed by atoms with Gasteiger partial charge in [-0.15, -0.1) is 0 Å². The Balaban J connectivity index is 2.24. The molecule has 1 N–H and O–H groups in total. The van der Waals surface area contributed by atoms with Crippen LogP contribution in [0, 0.1) is 0 Å². The van der Waals surface area contributed by atoms with Crippen LogP contribution in [-0.2, 0) is 10.9 Å². The maximum Gasteiger partial charge on any atom is 0.433 e. The van der Waals surface area contributed by atoms with Crippen molar-refractivity contribution in [1.82, 2.24) is 4.98 Å². The lowest BCUT2D eigenvalue weighted by Gasteiger charge is -2.10. The molecule has 1 aromatic carbocycles. The number of hydrogen-bond acceptors (Lipinski definition) is 4. The predicted octanol–water partition coefficient (Wildman–Crippen LogP) is 3.63. The molecule has 0 saturated carbocycles. The smallest absolute Gasteiger partial charge is 0.433 e. The second kappa shape index (κ2) is 5.82. The summed E-state index contributed by atoms with van der Waals surface area (Å²) in [4.78, 5) is 14.7. The summed E-state index contributed by atoms with van der Waals surface area (Å²) in [6, 6.07) is 8.55. The maximum atomic E-state index is 12.6. The van der Waals surface area contributed by atoms with Crippen LogP contribution in [-0.4, -0.2) is 18.1 Å². The molecule has 0 amide bonds. The average molecular weight is 296 g/mol. The minimum atomic E-state index is -4.51. The number of nitrogens with one attached hydrogen (secondary N) is 1. The third-order valence-corrected chi connectivity index (χ3v) is 2.62. The standard InChI is InChI=1S/C14H11F3N2O2/c1-21-13(20)9-3-2-4-10(7-9)19-11-5-6-18-12(8-11)14(15,16)17/h2-8H,1H3,(H,18,19). The van der Waals surface area contributed by atoms with E-state index in [2.05, 4.69) is 15.0 Å². The van der Waals surface area contributed by atoms with Gasteiger partial charge in [0, 0.05) is 17.6 Å². The van der Waals surface area contributed by atoms with E-state index in [1.54, 1.807) is 18.2 Å². The number of ether oxygens (including phenoxy) is 1. The van der Waals surface area contributed by atoms with Crippen LogP contribution in [0.3, 0.4) is 0 Å². The predicted molar refractivity (Wildman–Crippen MR) is 70.3 cm³/mol. The second-order valence-electron chi connectivity index (χ2n) is 4.12. The van der Waals surface area contributed by atoms with E-state index < -0.39 is 17.8 Å². The highest BCUT2D eigenvalue weighted by atomic mass is 19.4. The van der Waals surface area contributed by atoms with E-state index in [0.717, 1.165) is 12.3 Å². The van der Waals surface area contributed by atoms with Crippen LogP contribution in [0.1, 0.15) is 16.1 Å². The number of esters is 1. The van der Waals surface area contributed by atoms with Crippen molar-refractivity contribution in [1.29, 1.82) is 0 Å². The summed E-state index contributed by atoms with van der Waals surface area (Å²) >= 11 is 0. The van der Waals surface area contributed by atoms with Crippen LogP contribution < -0.4 is 5.32 Å². The Bertz CT molecular complexity index is 657. The first-order chi connectivity index (χ1) is 9.90. The summed E-state index contributed by atoms with van der Waals surface area (Å²) in [6.07, 6.45) is -3.44. The van der Waals surface area contributed by atoms with Gasteiger partial charge in [-0.25, -0.2) is 4.79 Å². The quantitative estimate of drug-likeness (QED) is 0.879. The Kier molecular flexibility index (Phi) is 4.11. The highest BCUT2D eigenvalue weighted by molar-refractivity contribution is 5.90. The highest BCUT2D eigenvalue weighted by Crippen LogP contribution is 2.29. The number of carbonyl (C=O) groups excluding carboxylic acids is 1. The first kappa shape index (κ1) is 14.8. The molecule has 0 unspecified atom stereocenters. The van der Waals surface area contributed by atoms with E-state index in [1.165, 1.54) is 19.2 Å². The molecule has 0 spiro atoms. The number of hydrogen-bond donors (Lipinski definition) is 1. The zero-order valence-corrected chi connectivity index (χ0v) is 10.9. The molecule has 2 aromatic rings. The molecule has 0 aliphatic heterocycles. The fourth-order valence-corrected chi connectivity index (χ4v) is 1.67. The molecule has 0 fully saturated rings. The Labute approximate surface area is 118 Å². The zero-order valence-electron chi connectivity index (χ0n) is 10.9. The number of benzene rings is 1. The molecule has 1 aromatic heterocycles. The number of rotatable bonds is 3. The molecule has 7 heteroatoms. The third kappa shape index (κ3) is 3.71. The number of alkyl halides is 3. The fraction of sp³-hybridized carbons (Fsp3) is 0.143. The van der Waals surface area contributed by atoms with Crippen LogP contribution in [0.15, 0.2) is 42.6 Å². The van der Waals surface area contributed by atoms with Crippen LogP contribution in [0.5, 0.6) is 0 Å². The molecule has 0 aliphatic carbocycles. The van der Waals surface area contributed by atoms with E-state index in [9.17, 15) is 18.0 Å². The van der Waals surface area contributed by atoms with Gasteiger partial charge in [-0.05, 0) is 30.3 Å². The SMILES string of the molecule is COC(=O)c1cccc(Nc2ccnc(C(F)(F)F)c2)c1. The molecule has 0 saturated heterocycles. The molecule has 2 rings (SSSR count).